The molecule has 1 rings (SSSR count). The van der Waals surface area contributed by atoms with Gasteiger partial charge in [-0.3, -0.25) is 4.84 Å². The minimum atomic E-state index is -1.98. The summed E-state index contributed by atoms with van der Waals surface area (Å²) >= 11 is 0. The third-order valence-corrected chi connectivity index (χ3v) is 8.54. The second kappa shape index (κ2) is 17.0. The molecular formula is C34H63NO8. The molecule has 0 aliphatic rings. The van der Waals surface area contributed by atoms with Crippen LogP contribution in [-0.2, 0) is 43.6 Å². The molecule has 0 amide bonds. The van der Waals surface area contributed by atoms with Crippen LogP contribution >= 0.6 is 0 Å². The number of hydroxylamine groups is 2. The van der Waals surface area contributed by atoms with Crippen molar-refractivity contribution in [2.45, 2.75) is 109 Å². The summed E-state index contributed by atoms with van der Waals surface area (Å²) in [5, 5.41) is 1.80. The lowest BCUT2D eigenvalue weighted by Gasteiger charge is -2.63. The van der Waals surface area contributed by atoms with Crippen LogP contribution < -0.4 is 0 Å². The van der Waals surface area contributed by atoms with Crippen molar-refractivity contribution >= 4 is 0 Å². The van der Waals surface area contributed by atoms with E-state index in [0.717, 1.165) is 31.2 Å². The Balaban J connectivity index is 4.51. The Kier molecular flexibility index (Phi) is 15.7. The van der Waals surface area contributed by atoms with Crippen LogP contribution in [0.3, 0.4) is 0 Å². The molecule has 0 spiro atoms. The molecule has 0 saturated carbocycles. The first kappa shape index (κ1) is 39.9. The van der Waals surface area contributed by atoms with Crippen molar-refractivity contribution in [2.24, 2.45) is 17.8 Å². The van der Waals surface area contributed by atoms with E-state index in [1.807, 2.05) is 30.3 Å². The zero-order valence-electron chi connectivity index (χ0n) is 29.9. The van der Waals surface area contributed by atoms with Gasteiger partial charge in [-0.25, -0.2) is 0 Å². The van der Waals surface area contributed by atoms with E-state index in [4.69, 9.17) is 38.0 Å². The standard InChI is InChI=1S/C34H63NO8/c1-16-22-30(23-26(2)3,24-27(4)5)35(43-15)34(41-13,42-14)33(39-11,40-12)32(37-9,38-10)31(36-8,25-28(6)7)29-20-18-17-19-21-29/h17-21,26-28H,16,22-25H2,1-15H3. The molecule has 0 fully saturated rings. The molecule has 1 aromatic carbocycles. The Morgan fingerprint density at radius 1 is 0.581 bits per heavy atom. The van der Waals surface area contributed by atoms with E-state index < -0.39 is 28.6 Å². The molecule has 0 aromatic heterocycles. The van der Waals surface area contributed by atoms with Crippen LogP contribution in [0.2, 0.25) is 0 Å². The van der Waals surface area contributed by atoms with Crippen molar-refractivity contribution in [3.05, 3.63) is 35.9 Å². The van der Waals surface area contributed by atoms with Crippen LogP contribution in [0, 0.1) is 17.8 Å². The molecule has 0 aliphatic carbocycles. The highest BCUT2D eigenvalue weighted by molar-refractivity contribution is 5.29. The Morgan fingerprint density at radius 3 is 1.33 bits per heavy atom. The topological polar surface area (TPSA) is 77.1 Å². The van der Waals surface area contributed by atoms with E-state index in [1.165, 1.54) is 14.2 Å². The highest BCUT2D eigenvalue weighted by atomic mass is 16.9. The number of ether oxygens (including phenoxy) is 7. The summed E-state index contributed by atoms with van der Waals surface area (Å²) in [7, 11) is 12.6. The maximum Gasteiger partial charge on any atom is 0.315 e. The summed E-state index contributed by atoms with van der Waals surface area (Å²) in [5.74, 6) is -4.91. The second-order valence-electron chi connectivity index (χ2n) is 12.7. The number of hydrogen-bond donors (Lipinski definition) is 0. The average Bonchev–Trinajstić information content (AvgIpc) is 2.97. The molecule has 1 unspecified atom stereocenters. The van der Waals surface area contributed by atoms with Gasteiger partial charge in [0.15, 0.2) is 5.60 Å². The lowest BCUT2D eigenvalue weighted by molar-refractivity contribution is -0.565. The minimum absolute atomic E-state index is 0.135. The summed E-state index contributed by atoms with van der Waals surface area (Å²) in [4.78, 5) is 6.42. The van der Waals surface area contributed by atoms with Gasteiger partial charge >= 0.3 is 11.7 Å². The van der Waals surface area contributed by atoms with E-state index >= 15 is 0 Å². The molecule has 252 valence electrons. The molecule has 9 nitrogen and oxygen atoms in total. The van der Waals surface area contributed by atoms with Gasteiger partial charge in [0.05, 0.1) is 12.6 Å². The summed E-state index contributed by atoms with van der Waals surface area (Å²) in [6, 6.07) is 9.85. The first-order valence-electron chi connectivity index (χ1n) is 15.5. The van der Waals surface area contributed by atoms with Gasteiger partial charge < -0.3 is 33.2 Å². The van der Waals surface area contributed by atoms with Gasteiger partial charge in [0.25, 0.3) is 5.79 Å². The maximum atomic E-state index is 6.57. The van der Waals surface area contributed by atoms with Crippen molar-refractivity contribution in [1.29, 1.82) is 0 Å². The second-order valence-corrected chi connectivity index (χ2v) is 12.7. The first-order valence-corrected chi connectivity index (χ1v) is 15.5. The van der Waals surface area contributed by atoms with Crippen molar-refractivity contribution < 1.29 is 38.0 Å². The van der Waals surface area contributed by atoms with Crippen LogP contribution in [0.5, 0.6) is 0 Å². The van der Waals surface area contributed by atoms with Crippen LogP contribution in [-0.4, -0.2) is 85.0 Å². The van der Waals surface area contributed by atoms with Crippen LogP contribution in [0.15, 0.2) is 30.3 Å². The van der Waals surface area contributed by atoms with Crippen molar-refractivity contribution in [2.75, 3.05) is 56.9 Å². The number of nitrogens with zero attached hydrogens (tertiary/aromatic N) is 1. The van der Waals surface area contributed by atoms with Crippen molar-refractivity contribution in [1.82, 2.24) is 5.06 Å². The molecule has 0 bridgehead atoms. The van der Waals surface area contributed by atoms with Gasteiger partial charge in [-0.05, 0) is 49.0 Å². The van der Waals surface area contributed by atoms with Crippen molar-refractivity contribution in [3.63, 3.8) is 0 Å². The molecule has 0 heterocycles. The monoisotopic (exact) mass is 613 g/mol. The minimum Gasteiger partial charge on any atom is -0.368 e. The van der Waals surface area contributed by atoms with Crippen LogP contribution in [0.4, 0.5) is 0 Å². The van der Waals surface area contributed by atoms with E-state index in [1.54, 1.807) is 47.7 Å². The lowest BCUT2D eigenvalue weighted by atomic mass is 9.72. The number of methoxy groups -OCH3 is 7. The highest BCUT2D eigenvalue weighted by Gasteiger charge is 2.80. The SMILES string of the molecule is CCCC(CC(C)C)(CC(C)C)N(OC)C(OC)(OC)C(OC)(OC)C(OC)(OC)C(CC(C)C)(OC)c1ccccc1. The molecular weight excluding hydrogens is 550 g/mol. The summed E-state index contributed by atoms with van der Waals surface area (Å²) < 4.78 is 45.7. The fraction of sp³-hybridized carbons (Fsp3) is 0.824. The Morgan fingerprint density at radius 2 is 1.02 bits per heavy atom. The first-order chi connectivity index (χ1) is 20.3. The molecule has 0 saturated heterocycles. The van der Waals surface area contributed by atoms with E-state index in [-0.39, 0.29) is 5.92 Å². The molecule has 43 heavy (non-hydrogen) atoms. The smallest absolute Gasteiger partial charge is 0.315 e. The normalized spacial score (nSPS) is 15.2. The van der Waals surface area contributed by atoms with Gasteiger partial charge in [-0.2, -0.15) is 0 Å². The molecule has 1 atom stereocenters. The fourth-order valence-corrected chi connectivity index (χ4v) is 7.64. The number of benzene rings is 1. The number of rotatable bonds is 22. The van der Waals surface area contributed by atoms with Gasteiger partial charge in [0, 0.05) is 49.8 Å². The van der Waals surface area contributed by atoms with E-state index in [2.05, 4.69) is 48.5 Å². The zero-order chi connectivity index (χ0) is 33.1. The Bertz CT molecular complexity index is 887. The van der Waals surface area contributed by atoms with E-state index in [9.17, 15) is 0 Å². The van der Waals surface area contributed by atoms with Gasteiger partial charge in [-0.1, -0.05) is 85.2 Å². The van der Waals surface area contributed by atoms with Crippen LogP contribution in [0.25, 0.3) is 0 Å². The summed E-state index contributed by atoms with van der Waals surface area (Å²) in [6.45, 7) is 15.3. The Hall–Kier alpha value is -1.14. The summed E-state index contributed by atoms with van der Waals surface area (Å²) in [6.07, 6.45) is 3.74. The molecule has 0 aliphatic heterocycles. The number of hydrogen-bond acceptors (Lipinski definition) is 9. The lowest BCUT2D eigenvalue weighted by Crippen LogP contribution is -2.84. The predicted molar refractivity (Wildman–Crippen MR) is 170 cm³/mol. The predicted octanol–water partition coefficient (Wildman–Crippen LogP) is 6.99. The van der Waals surface area contributed by atoms with Gasteiger partial charge in [-0.15, -0.1) is 5.06 Å². The van der Waals surface area contributed by atoms with Crippen molar-refractivity contribution in [3.8, 4) is 0 Å². The average molecular weight is 614 g/mol. The van der Waals surface area contributed by atoms with Gasteiger partial charge in [0.1, 0.15) is 0 Å². The molecule has 0 N–H and O–H groups in total. The Labute approximate surface area is 262 Å². The summed E-state index contributed by atoms with van der Waals surface area (Å²) in [5.41, 5.74) is -1.04. The third-order valence-electron chi connectivity index (χ3n) is 8.54. The maximum absolute atomic E-state index is 6.57. The van der Waals surface area contributed by atoms with Crippen LogP contribution in [0.1, 0.15) is 86.1 Å². The molecule has 9 heteroatoms. The highest BCUT2D eigenvalue weighted by Crippen LogP contribution is 2.57. The molecule has 0 radical (unpaired) electrons. The molecule has 1 aromatic rings. The third kappa shape index (κ3) is 7.00. The van der Waals surface area contributed by atoms with Gasteiger partial charge in [0.2, 0.25) is 0 Å². The van der Waals surface area contributed by atoms with E-state index in [0.29, 0.717) is 18.3 Å². The largest absolute Gasteiger partial charge is 0.368 e. The zero-order valence-corrected chi connectivity index (χ0v) is 29.9. The quantitative estimate of drug-likeness (QED) is 0.102. The fourth-order valence-electron chi connectivity index (χ4n) is 7.64.